The van der Waals surface area contributed by atoms with Gasteiger partial charge in [-0.05, 0) is 18.1 Å². The number of hydrogen-bond donors (Lipinski definition) is 1. The van der Waals surface area contributed by atoms with Crippen LogP contribution in [0.1, 0.15) is 24.5 Å². The normalized spacial score (nSPS) is 19.8. The molecule has 1 saturated heterocycles. The predicted molar refractivity (Wildman–Crippen MR) is 82.2 cm³/mol. The fourth-order valence-electron chi connectivity index (χ4n) is 2.33. The number of rotatable bonds is 3. The molecule has 0 aliphatic carbocycles. The summed E-state index contributed by atoms with van der Waals surface area (Å²) in [6, 6.07) is 8.25. The maximum atomic E-state index is 8.82. The van der Waals surface area contributed by atoms with E-state index in [1.54, 1.807) is 0 Å². The highest BCUT2D eigenvalue weighted by molar-refractivity contribution is 8.00. The molecule has 1 atom stereocenters. The Labute approximate surface area is 120 Å². The zero-order chi connectivity index (χ0) is 13.5. The molecule has 1 unspecified atom stereocenters. The molecule has 19 heavy (non-hydrogen) atoms. The summed E-state index contributed by atoms with van der Waals surface area (Å²) in [5, 5.41) is 9.59. The molecular formula is C16H21NOS. The zero-order valence-corrected chi connectivity index (χ0v) is 12.2. The van der Waals surface area contributed by atoms with E-state index in [1.165, 1.54) is 24.3 Å². The van der Waals surface area contributed by atoms with Crippen LogP contribution in [0.3, 0.4) is 0 Å². The van der Waals surface area contributed by atoms with E-state index in [0.717, 1.165) is 23.9 Å². The maximum Gasteiger partial charge on any atom is 0.104 e. The van der Waals surface area contributed by atoms with E-state index < -0.39 is 0 Å². The van der Waals surface area contributed by atoms with Gasteiger partial charge in [0.05, 0.1) is 0 Å². The van der Waals surface area contributed by atoms with Crippen LogP contribution in [-0.4, -0.2) is 40.7 Å². The molecule has 1 fully saturated rings. The first-order chi connectivity index (χ1) is 9.33. The summed E-state index contributed by atoms with van der Waals surface area (Å²) < 4.78 is 0. The van der Waals surface area contributed by atoms with Gasteiger partial charge in [0.25, 0.3) is 0 Å². The quantitative estimate of drug-likeness (QED) is 0.857. The Balaban J connectivity index is 2.06. The molecule has 2 rings (SSSR count). The third kappa shape index (κ3) is 4.28. The molecule has 0 aromatic heterocycles. The van der Waals surface area contributed by atoms with Crippen molar-refractivity contribution in [2.45, 2.75) is 25.1 Å². The van der Waals surface area contributed by atoms with E-state index >= 15 is 0 Å². The van der Waals surface area contributed by atoms with Crippen LogP contribution in [0.5, 0.6) is 0 Å². The first-order valence-corrected chi connectivity index (χ1v) is 7.90. The maximum absolute atomic E-state index is 8.82. The van der Waals surface area contributed by atoms with Gasteiger partial charge in [-0.15, -0.1) is 0 Å². The largest absolute Gasteiger partial charge is 0.384 e. The van der Waals surface area contributed by atoms with Gasteiger partial charge in [-0.1, -0.05) is 37.0 Å². The summed E-state index contributed by atoms with van der Waals surface area (Å²) >= 11 is 2.09. The van der Waals surface area contributed by atoms with Gasteiger partial charge in [-0.2, -0.15) is 11.8 Å². The standard InChI is InChI=1S/C16H21NOS/c1-2-16-13-17(9-11-19-16)12-15-7-4-3-6-14(15)8-5-10-18/h3-4,6-7,16,18H,2,9-13H2,1H3. The molecule has 2 nitrogen and oxygen atoms in total. The van der Waals surface area contributed by atoms with Gasteiger partial charge in [-0.25, -0.2) is 0 Å². The van der Waals surface area contributed by atoms with Gasteiger partial charge >= 0.3 is 0 Å². The molecule has 0 amide bonds. The number of aliphatic hydroxyl groups excluding tert-OH is 1. The monoisotopic (exact) mass is 275 g/mol. The van der Waals surface area contributed by atoms with Crippen molar-refractivity contribution in [2.75, 3.05) is 25.4 Å². The average molecular weight is 275 g/mol. The van der Waals surface area contributed by atoms with E-state index in [2.05, 4.69) is 47.6 Å². The molecule has 1 aromatic rings. The van der Waals surface area contributed by atoms with E-state index in [-0.39, 0.29) is 6.61 Å². The molecule has 0 bridgehead atoms. The van der Waals surface area contributed by atoms with Crippen molar-refractivity contribution in [3.63, 3.8) is 0 Å². The summed E-state index contributed by atoms with van der Waals surface area (Å²) in [5.74, 6) is 7.02. The SMILES string of the molecule is CCC1CN(Cc2ccccc2C#CCO)CCS1. The molecule has 0 saturated carbocycles. The molecule has 3 heteroatoms. The topological polar surface area (TPSA) is 23.5 Å². The Morgan fingerprint density at radius 2 is 2.26 bits per heavy atom. The molecule has 0 spiro atoms. The molecule has 1 aliphatic heterocycles. The number of aliphatic hydroxyl groups is 1. The van der Waals surface area contributed by atoms with Crippen LogP contribution in [-0.2, 0) is 6.54 Å². The predicted octanol–water partition coefficient (Wildman–Crippen LogP) is 2.36. The first-order valence-electron chi connectivity index (χ1n) is 6.85. The van der Waals surface area contributed by atoms with Crippen molar-refractivity contribution in [1.82, 2.24) is 4.90 Å². The lowest BCUT2D eigenvalue weighted by atomic mass is 10.1. The van der Waals surface area contributed by atoms with Crippen LogP contribution in [0.15, 0.2) is 24.3 Å². The van der Waals surface area contributed by atoms with Crippen molar-refractivity contribution in [3.8, 4) is 11.8 Å². The lowest BCUT2D eigenvalue weighted by molar-refractivity contribution is 0.273. The second-order valence-electron chi connectivity index (χ2n) is 4.75. The van der Waals surface area contributed by atoms with Gasteiger partial charge in [0.15, 0.2) is 0 Å². The third-order valence-electron chi connectivity index (χ3n) is 3.39. The summed E-state index contributed by atoms with van der Waals surface area (Å²) in [7, 11) is 0. The van der Waals surface area contributed by atoms with Gasteiger partial charge < -0.3 is 5.11 Å². The summed E-state index contributed by atoms with van der Waals surface area (Å²) in [4.78, 5) is 2.52. The number of nitrogens with zero attached hydrogens (tertiary/aromatic N) is 1. The highest BCUT2D eigenvalue weighted by atomic mass is 32.2. The van der Waals surface area contributed by atoms with Crippen molar-refractivity contribution in [2.24, 2.45) is 0 Å². The van der Waals surface area contributed by atoms with Gasteiger partial charge in [0, 0.05) is 36.2 Å². The fraction of sp³-hybridized carbons (Fsp3) is 0.500. The third-order valence-corrected chi connectivity index (χ3v) is 4.76. The number of hydrogen-bond acceptors (Lipinski definition) is 3. The highest BCUT2D eigenvalue weighted by Crippen LogP contribution is 2.23. The fourth-order valence-corrected chi connectivity index (χ4v) is 3.58. The molecule has 1 N–H and O–H groups in total. The molecule has 1 aromatic carbocycles. The van der Waals surface area contributed by atoms with Crippen LogP contribution in [0.4, 0.5) is 0 Å². The van der Waals surface area contributed by atoms with E-state index in [0.29, 0.717) is 0 Å². The van der Waals surface area contributed by atoms with Crippen molar-refractivity contribution in [1.29, 1.82) is 0 Å². The molecule has 0 radical (unpaired) electrons. The summed E-state index contributed by atoms with van der Waals surface area (Å²) in [6.45, 7) is 5.48. The summed E-state index contributed by atoms with van der Waals surface area (Å²) in [6.07, 6.45) is 1.24. The number of thioether (sulfide) groups is 1. The van der Waals surface area contributed by atoms with Crippen LogP contribution in [0, 0.1) is 11.8 Å². The molecule has 1 heterocycles. The smallest absolute Gasteiger partial charge is 0.104 e. The van der Waals surface area contributed by atoms with E-state index in [4.69, 9.17) is 5.11 Å². The van der Waals surface area contributed by atoms with Crippen LogP contribution < -0.4 is 0 Å². The van der Waals surface area contributed by atoms with Crippen LogP contribution in [0.25, 0.3) is 0 Å². The highest BCUT2D eigenvalue weighted by Gasteiger charge is 2.19. The molecule has 102 valence electrons. The minimum Gasteiger partial charge on any atom is -0.384 e. The van der Waals surface area contributed by atoms with E-state index in [1.807, 2.05) is 12.1 Å². The second kappa shape index (κ2) is 7.59. The lowest BCUT2D eigenvalue weighted by Crippen LogP contribution is -2.37. The zero-order valence-electron chi connectivity index (χ0n) is 11.4. The average Bonchev–Trinajstić information content (AvgIpc) is 2.46. The molecule has 1 aliphatic rings. The first kappa shape index (κ1) is 14.5. The van der Waals surface area contributed by atoms with Gasteiger partial charge in [0.2, 0.25) is 0 Å². The second-order valence-corrected chi connectivity index (χ2v) is 6.16. The van der Waals surface area contributed by atoms with Crippen molar-refractivity contribution >= 4 is 11.8 Å². The van der Waals surface area contributed by atoms with Crippen molar-refractivity contribution < 1.29 is 5.11 Å². The number of benzene rings is 1. The van der Waals surface area contributed by atoms with Gasteiger partial charge in [0.1, 0.15) is 6.61 Å². The Bertz CT molecular complexity index is 463. The lowest BCUT2D eigenvalue weighted by Gasteiger charge is -2.32. The minimum absolute atomic E-state index is 0.0768. The molecular weight excluding hydrogens is 254 g/mol. The minimum atomic E-state index is -0.0768. The van der Waals surface area contributed by atoms with Crippen LogP contribution >= 0.6 is 11.8 Å². The Kier molecular flexibility index (Phi) is 5.78. The Morgan fingerprint density at radius 1 is 1.42 bits per heavy atom. The van der Waals surface area contributed by atoms with E-state index in [9.17, 15) is 0 Å². The van der Waals surface area contributed by atoms with Gasteiger partial charge in [-0.3, -0.25) is 4.90 Å². The van der Waals surface area contributed by atoms with Crippen molar-refractivity contribution in [3.05, 3.63) is 35.4 Å². The van der Waals surface area contributed by atoms with Crippen LogP contribution in [0.2, 0.25) is 0 Å². The Morgan fingerprint density at radius 3 is 3.05 bits per heavy atom. The Hall–Kier alpha value is -0.950. The summed E-state index contributed by atoms with van der Waals surface area (Å²) in [5.41, 5.74) is 2.31.